The molecule has 0 spiro atoms. The molecule has 94 valence electrons. The lowest BCUT2D eigenvalue weighted by Crippen LogP contribution is -2.28. The topological polar surface area (TPSA) is 55.5 Å². The van der Waals surface area contributed by atoms with Crippen molar-refractivity contribution in [3.63, 3.8) is 0 Å². The zero-order valence-corrected chi connectivity index (χ0v) is 10.5. The van der Waals surface area contributed by atoms with E-state index in [4.69, 9.17) is 10.5 Å². The summed E-state index contributed by atoms with van der Waals surface area (Å²) in [5.74, 6) is 1.87. The SMILES string of the molecule is COc1cccc(C(CN)C(O)C2CC2C)c1. The van der Waals surface area contributed by atoms with E-state index in [1.165, 1.54) is 0 Å². The fraction of sp³-hybridized carbons (Fsp3) is 0.571. The van der Waals surface area contributed by atoms with Gasteiger partial charge in [-0.15, -0.1) is 0 Å². The average Bonchev–Trinajstić information content (AvgIpc) is 3.07. The molecule has 2 rings (SSSR count). The van der Waals surface area contributed by atoms with E-state index in [0.29, 0.717) is 18.4 Å². The molecule has 17 heavy (non-hydrogen) atoms. The summed E-state index contributed by atoms with van der Waals surface area (Å²) in [5.41, 5.74) is 6.88. The number of rotatable bonds is 5. The second-order valence-electron chi connectivity index (χ2n) is 4.99. The number of nitrogens with two attached hydrogens (primary N) is 1. The lowest BCUT2D eigenvalue weighted by atomic mass is 9.90. The van der Waals surface area contributed by atoms with Gasteiger partial charge in [0.15, 0.2) is 0 Å². The third kappa shape index (κ3) is 2.61. The van der Waals surface area contributed by atoms with Crippen molar-refractivity contribution in [1.29, 1.82) is 0 Å². The van der Waals surface area contributed by atoms with Crippen LogP contribution in [-0.4, -0.2) is 24.9 Å². The van der Waals surface area contributed by atoms with E-state index in [9.17, 15) is 5.11 Å². The molecule has 0 aromatic heterocycles. The maximum atomic E-state index is 10.3. The van der Waals surface area contributed by atoms with Crippen LogP contribution in [0.2, 0.25) is 0 Å². The van der Waals surface area contributed by atoms with Crippen molar-refractivity contribution in [2.45, 2.75) is 25.4 Å². The highest BCUT2D eigenvalue weighted by Crippen LogP contribution is 2.44. The number of benzene rings is 1. The van der Waals surface area contributed by atoms with Gasteiger partial charge in [-0.2, -0.15) is 0 Å². The first kappa shape index (κ1) is 12.4. The second kappa shape index (κ2) is 5.07. The van der Waals surface area contributed by atoms with Crippen LogP contribution in [0.3, 0.4) is 0 Å². The summed E-state index contributed by atoms with van der Waals surface area (Å²) in [6, 6.07) is 7.83. The van der Waals surface area contributed by atoms with E-state index < -0.39 is 0 Å². The number of aliphatic hydroxyl groups is 1. The summed E-state index contributed by atoms with van der Waals surface area (Å²) < 4.78 is 5.20. The number of hydrogen-bond acceptors (Lipinski definition) is 3. The van der Waals surface area contributed by atoms with Gasteiger partial charge in [0.25, 0.3) is 0 Å². The quantitative estimate of drug-likeness (QED) is 0.817. The first-order chi connectivity index (χ1) is 8.17. The van der Waals surface area contributed by atoms with Crippen LogP contribution in [0.25, 0.3) is 0 Å². The molecule has 4 unspecified atom stereocenters. The lowest BCUT2D eigenvalue weighted by molar-refractivity contribution is 0.118. The zero-order chi connectivity index (χ0) is 12.4. The average molecular weight is 235 g/mol. The van der Waals surface area contributed by atoms with Crippen molar-refractivity contribution in [2.24, 2.45) is 17.6 Å². The van der Waals surface area contributed by atoms with Gasteiger partial charge in [-0.3, -0.25) is 0 Å². The molecular weight excluding hydrogens is 214 g/mol. The Kier molecular flexibility index (Phi) is 3.69. The maximum absolute atomic E-state index is 10.3. The highest BCUT2D eigenvalue weighted by molar-refractivity contribution is 5.32. The standard InChI is InChI=1S/C14H21NO2/c1-9-6-12(9)14(16)13(8-15)10-4-3-5-11(7-10)17-2/h3-5,7,9,12-14,16H,6,8,15H2,1-2H3. The highest BCUT2D eigenvalue weighted by atomic mass is 16.5. The van der Waals surface area contributed by atoms with Crippen molar-refractivity contribution in [3.05, 3.63) is 29.8 Å². The van der Waals surface area contributed by atoms with E-state index in [0.717, 1.165) is 17.7 Å². The summed E-state index contributed by atoms with van der Waals surface area (Å²) in [7, 11) is 1.65. The Labute approximate surface area is 103 Å². The third-order valence-electron chi connectivity index (χ3n) is 3.80. The summed E-state index contributed by atoms with van der Waals surface area (Å²) in [6.07, 6.45) is 0.781. The minimum absolute atomic E-state index is 0.0139. The van der Waals surface area contributed by atoms with Gasteiger partial charge >= 0.3 is 0 Å². The summed E-state index contributed by atoms with van der Waals surface area (Å²) in [4.78, 5) is 0. The Morgan fingerprint density at radius 3 is 2.76 bits per heavy atom. The van der Waals surface area contributed by atoms with Crippen molar-refractivity contribution < 1.29 is 9.84 Å². The van der Waals surface area contributed by atoms with Gasteiger partial charge < -0.3 is 15.6 Å². The van der Waals surface area contributed by atoms with Crippen LogP contribution in [0.4, 0.5) is 0 Å². The zero-order valence-electron chi connectivity index (χ0n) is 10.5. The molecule has 3 nitrogen and oxygen atoms in total. The van der Waals surface area contributed by atoms with E-state index in [-0.39, 0.29) is 12.0 Å². The second-order valence-corrected chi connectivity index (χ2v) is 4.99. The fourth-order valence-electron chi connectivity index (χ4n) is 2.47. The van der Waals surface area contributed by atoms with Crippen LogP contribution >= 0.6 is 0 Å². The number of aliphatic hydroxyl groups excluding tert-OH is 1. The van der Waals surface area contributed by atoms with Gasteiger partial charge in [0.1, 0.15) is 5.75 Å². The molecular formula is C14H21NO2. The van der Waals surface area contributed by atoms with E-state index in [1.54, 1.807) is 7.11 Å². The monoisotopic (exact) mass is 235 g/mol. The molecule has 0 bridgehead atoms. The van der Waals surface area contributed by atoms with Gasteiger partial charge in [0, 0.05) is 12.5 Å². The van der Waals surface area contributed by atoms with E-state index in [2.05, 4.69) is 6.92 Å². The van der Waals surface area contributed by atoms with Crippen molar-refractivity contribution in [3.8, 4) is 5.75 Å². The maximum Gasteiger partial charge on any atom is 0.119 e. The minimum Gasteiger partial charge on any atom is -0.497 e. The molecule has 0 aliphatic heterocycles. The minimum atomic E-state index is -0.331. The normalized spacial score (nSPS) is 26.4. The number of ether oxygens (including phenoxy) is 1. The number of methoxy groups -OCH3 is 1. The molecule has 3 heteroatoms. The van der Waals surface area contributed by atoms with Crippen LogP contribution in [0.1, 0.15) is 24.8 Å². The first-order valence-electron chi connectivity index (χ1n) is 6.19. The predicted molar refractivity (Wildman–Crippen MR) is 68.1 cm³/mol. The Balaban J connectivity index is 2.16. The van der Waals surface area contributed by atoms with Crippen LogP contribution in [0.15, 0.2) is 24.3 Å². The molecule has 1 aliphatic rings. The molecule has 1 saturated carbocycles. The Morgan fingerprint density at radius 2 is 2.24 bits per heavy atom. The smallest absolute Gasteiger partial charge is 0.119 e. The van der Waals surface area contributed by atoms with E-state index in [1.807, 2.05) is 24.3 Å². The molecule has 4 atom stereocenters. The molecule has 0 radical (unpaired) electrons. The number of hydrogen-bond donors (Lipinski definition) is 2. The van der Waals surface area contributed by atoms with Crippen LogP contribution in [-0.2, 0) is 0 Å². The van der Waals surface area contributed by atoms with Crippen molar-refractivity contribution >= 4 is 0 Å². The van der Waals surface area contributed by atoms with Gasteiger partial charge in [0.05, 0.1) is 13.2 Å². The summed E-state index contributed by atoms with van der Waals surface area (Å²) in [6.45, 7) is 2.64. The molecule has 1 fully saturated rings. The van der Waals surface area contributed by atoms with Gasteiger partial charge in [-0.05, 0) is 36.0 Å². The van der Waals surface area contributed by atoms with Crippen LogP contribution in [0.5, 0.6) is 5.75 Å². The first-order valence-corrected chi connectivity index (χ1v) is 6.19. The van der Waals surface area contributed by atoms with Gasteiger partial charge in [0.2, 0.25) is 0 Å². The van der Waals surface area contributed by atoms with E-state index >= 15 is 0 Å². The lowest BCUT2D eigenvalue weighted by Gasteiger charge is -2.22. The van der Waals surface area contributed by atoms with Crippen molar-refractivity contribution in [2.75, 3.05) is 13.7 Å². The Hall–Kier alpha value is -1.06. The predicted octanol–water partition coefficient (Wildman–Crippen LogP) is 1.75. The highest BCUT2D eigenvalue weighted by Gasteiger charge is 2.42. The molecule has 1 aromatic carbocycles. The van der Waals surface area contributed by atoms with Gasteiger partial charge in [-0.25, -0.2) is 0 Å². The Bertz CT molecular complexity index is 380. The molecule has 3 N–H and O–H groups in total. The Morgan fingerprint density at radius 1 is 1.53 bits per heavy atom. The molecule has 1 aliphatic carbocycles. The van der Waals surface area contributed by atoms with Gasteiger partial charge in [-0.1, -0.05) is 19.1 Å². The molecule has 0 saturated heterocycles. The third-order valence-corrected chi connectivity index (χ3v) is 3.80. The summed E-state index contributed by atoms with van der Waals surface area (Å²) >= 11 is 0. The van der Waals surface area contributed by atoms with Crippen molar-refractivity contribution in [1.82, 2.24) is 0 Å². The summed E-state index contributed by atoms with van der Waals surface area (Å²) in [5, 5.41) is 10.3. The van der Waals surface area contributed by atoms with Crippen LogP contribution < -0.4 is 10.5 Å². The molecule has 0 amide bonds. The largest absolute Gasteiger partial charge is 0.497 e. The fourth-order valence-corrected chi connectivity index (χ4v) is 2.47. The molecule has 1 aromatic rings. The van der Waals surface area contributed by atoms with Crippen LogP contribution in [0, 0.1) is 11.8 Å². The molecule has 0 heterocycles.